The summed E-state index contributed by atoms with van der Waals surface area (Å²) in [5, 5.41) is 0. The van der Waals surface area contributed by atoms with E-state index in [-0.39, 0.29) is 6.10 Å². The van der Waals surface area contributed by atoms with Crippen LogP contribution in [0.1, 0.15) is 24.5 Å². The van der Waals surface area contributed by atoms with Crippen molar-refractivity contribution in [3.8, 4) is 11.5 Å². The zero-order valence-corrected chi connectivity index (χ0v) is 11.8. The molecule has 98 valence electrons. The molecule has 0 bridgehead atoms. The molecule has 18 heavy (non-hydrogen) atoms. The first-order chi connectivity index (χ1) is 8.71. The number of thiocarbonyl (C=S) groups is 1. The molecule has 2 rings (SSSR count). The number of hydrogen-bond donors (Lipinski definition) is 0. The van der Waals surface area contributed by atoms with E-state index in [0.717, 1.165) is 40.3 Å². The minimum atomic E-state index is 0.0125. The van der Waals surface area contributed by atoms with Gasteiger partial charge in [0, 0.05) is 22.4 Å². The maximum Gasteiger partial charge on any atom is 0.124 e. The first-order valence-electron chi connectivity index (χ1n) is 6.08. The SMILES string of the molecule is CCC(=S)C1Cc2c(OC)ccc(OC)c2CO1. The topological polar surface area (TPSA) is 27.7 Å². The van der Waals surface area contributed by atoms with Gasteiger partial charge in [0.05, 0.1) is 26.9 Å². The maximum atomic E-state index is 5.82. The molecular weight excluding hydrogens is 248 g/mol. The Morgan fingerprint density at radius 2 is 1.89 bits per heavy atom. The second-order valence-corrected chi connectivity index (χ2v) is 4.78. The molecule has 0 aliphatic carbocycles. The van der Waals surface area contributed by atoms with E-state index in [9.17, 15) is 0 Å². The third-order valence-corrected chi connectivity index (χ3v) is 3.86. The fraction of sp³-hybridized carbons (Fsp3) is 0.500. The monoisotopic (exact) mass is 266 g/mol. The van der Waals surface area contributed by atoms with Crippen LogP contribution in [-0.4, -0.2) is 25.2 Å². The van der Waals surface area contributed by atoms with Gasteiger partial charge >= 0.3 is 0 Å². The van der Waals surface area contributed by atoms with Gasteiger partial charge in [0.15, 0.2) is 0 Å². The van der Waals surface area contributed by atoms with Crippen LogP contribution in [0.2, 0.25) is 0 Å². The molecule has 0 amide bonds. The zero-order valence-electron chi connectivity index (χ0n) is 11.0. The van der Waals surface area contributed by atoms with E-state index in [4.69, 9.17) is 26.4 Å². The van der Waals surface area contributed by atoms with Crippen molar-refractivity contribution in [2.24, 2.45) is 0 Å². The number of rotatable bonds is 4. The van der Waals surface area contributed by atoms with Gasteiger partial charge in [-0.05, 0) is 18.6 Å². The van der Waals surface area contributed by atoms with E-state index in [1.165, 1.54) is 0 Å². The summed E-state index contributed by atoms with van der Waals surface area (Å²) in [6, 6.07) is 3.86. The molecule has 0 saturated carbocycles. The predicted octanol–water partition coefficient (Wildman–Crippen LogP) is 2.93. The van der Waals surface area contributed by atoms with Crippen molar-refractivity contribution < 1.29 is 14.2 Å². The second kappa shape index (κ2) is 5.67. The van der Waals surface area contributed by atoms with Crippen molar-refractivity contribution in [3.05, 3.63) is 23.3 Å². The first kappa shape index (κ1) is 13.3. The molecule has 1 unspecified atom stereocenters. The van der Waals surface area contributed by atoms with Crippen molar-refractivity contribution in [2.75, 3.05) is 14.2 Å². The highest BCUT2D eigenvalue weighted by Crippen LogP contribution is 2.35. The van der Waals surface area contributed by atoms with E-state index < -0.39 is 0 Å². The van der Waals surface area contributed by atoms with Crippen molar-refractivity contribution in [3.63, 3.8) is 0 Å². The normalized spacial score (nSPS) is 18.1. The van der Waals surface area contributed by atoms with Crippen molar-refractivity contribution in [1.29, 1.82) is 0 Å². The van der Waals surface area contributed by atoms with Crippen LogP contribution >= 0.6 is 12.2 Å². The number of fused-ring (bicyclic) bond motifs is 1. The molecule has 4 heteroatoms. The molecular formula is C14H18O3S. The predicted molar refractivity (Wildman–Crippen MR) is 74.7 cm³/mol. The average Bonchev–Trinajstić information content (AvgIpc) is 2.44. The van der Waals surface area contributed by atoms with Gasteiger partial charge in [-0.1, -0.05) is 19.1 Å². The molecule has 1 aromatic rings. The van der Waals surface area contributed by atoms with Crippen molar-refractivity contribution in [1.82, 2.24) is 0 Å². The molecule has 0 N–H and O–H groups in total. The molecule has 0 radical (unpaired) electrons. The molecule has 1 aromatic carbocycles. The zero-order chi connectivity index (χ0) is 13.1. The van der Waals surface area contributed by atoms with Gasteiger partial charge in [0.25, 0.3) is 0 Å². The fourth-order valence-corrected chi connectivity index (χ4v) is 2.43. The lowest BCUT2D eigenvalue weighted by Gasteiger charge is -2.28. The molecule has 0 saturated heterocycles. The van der Waals surface area contributed by atoms with E-state index in [2.05, 4.69) is 6.92 Å². The first-order valence-corrected chi connectivity index (χ1v) is 6.49. The molecule has 0 fully saturated rings. The summed E-state index contributed by atoms with van der Waals surface area (Å²) in [5.74, 6) is 1.74. The standard InChI is InChI=1S/C14H18O3S/c1-4-14(18)13-7-9-10(8-17-13)12(16-3)6-5-11(9)15-2/h5-6,13H,4,7-8H2,1-3H3. The summed E-state index contributed by atoms with van der Waals surface area (Å²) in [6.45, 7) is 2.59. The van der Waals surface area contributed by atoms with Gasteiger partial charge in [0.2, 0.25) is 0 Å². The molecule has 1 atom stereocenters. The summed E-state index contributed by atoms with van der Waals surface area (Å²) in [4.78, 5) is 0.963. The van der Waals surface area contributed by atoms with Gasteiger partial charge in [-0.3, -0.25) is 0 Å². The Kier molecular flexibility index (Phi) is 4.19. The van der Waals surface area contributed by atoms with Crippen LogP contribution < -0.4 is 9.47 Å². The van der Waals surface area contributed by atoms with Crippen LogP contribution in [0.25, 0.3) is 0 Å². The van der Waals surface area contributed by atoms with Gasteiger partial charge in [-0.15, -0.1) is 0 Å². The summed E-state index contributed by atoms with van der Waals surface area (Å²) in [7, 11) is 3.36. The fourth-order valence-electron chi connectivity index (χ4n) is 2.28. The van der Waals surface area contributed by atoms with E-state index in [1.807, 2.05) is 12.1 Å². The highest BCUT2D eigenvalue weighted by atomic mass is 32.1. The van der Waals surface area contributed by atoms with Crippen LogP contribution in [0.3, 0.4) is 0 Å². The van der Waals surface area contributed by atoms with Crippen LogP contribution in [0.4, 0.5) is 0 Å². The number of benzene rings is 1. The smallest absolute Gasteiger partial charge is 0.124 e. The molecule has 0 aromatic heterocycles. The third-order valence-electron chi connectivity index (χ3n) is 3.31. The summed E-state index contributed by atoms with van der Waals surface area (Å²) >= 11 is 5.35. The quantitative estimate of drug-likeness (QED) is 0.783. The number of methoxy groups -OCH3 is 2. The van der Waals surface area contributed by atoms with E-state index >= 15 is 0 Å². The number of ether oxygens (including phenoxy) is 3. The Morgan fingerprint density at radius 1 is 1.28 bits per heavy atom. The largest absolute Gasteiger partial charge is 0.496 e. The minimum absolute atomic E-state index is 0.0125. The van der Waals surface area contributed by atoms with Gasteiger partial charge < -0.3 is 14.2 Å². The van der Waals surface area contributed by atoms with Crippen molar-refractivity contribution in [2.45, 2.75) is 32.5 Å². The second-order valence-electron chi connectivity index (χ2n) is 4.25. The van der Waals surface area contributed by atoms with Crippen LogP contribution in [0.5, 0.6) is 11.5 Å². The van der Waals surface area contributed by atoms with Gasteiger partial charge in [0.1, 0.15) is 11.5 Å². The van der Waals surface area contributed by atoms with Gasteiger partial charge in [-0.25, -0.2) is 0 Å². The van der Waals surface area contributed by atoms with Crippen LogP contribution in [-0.2, 0) is 17.8 Å². The van der Waals surface area contributed by atoms with Crippen LogP contribution in [0.15, 0.2) is 12.1 Å². The van der Waals surface area contributed by atoms with Crippen LogP contribution in [0, 0.1) is 0 Å². The third kappa shape index (κ3) is 2.35. The lowest BCUT2D eigenvalue weighted by atomic mass is 9.95. The average molecular weight is 266 g/mol. The summed E-state index contributed by atoms with van der Waals surface area (Å²) in [5.41, 5.74) is 2.23. The lowest BCUT2D eigenvalue weighted by molar-refractivity contribution is 0.0695. The Morgan fingerprint density at radius 3 is 2.44 bits per heavy atom. The highest BCUT2D eigenvalue weighted by Gasteiger charge is 2.26. The van der Waals surface area contributed by atoms with E-state index in [1.54, 1.807) is 14.2 Å². The molecule has 1 aliphatic rings. The Labute approximate surface area is 113 Å². The summed E-state index contributed by atoms with van der Waals surface area (Å²) < 4.78 is 16.6. The molecule has 1 aliphatic heterocycles. The number of hydrogen-bond acceptors (Lipinski definition) is 4. The summed E-state index contributed by atoms with van der Waals surface area (Å²) in [6.07, 6.45) is 1.64. The Balaban J connectivity index is 2.37. The molecule has 1 heterocycles. The highest BCUT2D eigenvalue weighted by molar-refractivity contribution is 7.80. The minimum Gasteiger partial charge on any atom is -0.496 e. The molecule has 3 nitrogen and oxygen atoms in total. The molecule has 0 spiro atoms. The van der Waals surface area contributed by atoms with E-state index in [0.29, 0.717) is 6.61 Å². The maximum absolute atomic E-state index is 5.82. The van der Waals surface area contributed by atoms with Gasteiger partial charge in [-0.2, -0.15) is 0 Å². The lowest BCUT2D eigenvalue weighted by Crippen LogP contribution is -2.29. The van der Waals surface area contributed by atoms with Crippen molar-refractivity contribution >= 4 is 17.1 Å². The Bertz CT molecular complexity index is 457. The Hall–Kier alpha value is -1.13.